The Kier molecular flexibility index (Phi) is 5.63. The number of carbonyl (C=O) groups excluding carboxylic acids is 1. The molecule has 100 valence electrons. The Balaban J connectivity index is 2.71. The minimum Gasteiger partial charge on any atom is -0.469 e. The Morgan fingerprint density at radius 2 is 2.11 bits per heavy atom. The number of halogens is 1. The van der Waals surface area contributed by atoms with Crippen molar-refractivity contribution in [2.45, 2.75) is 32.4 Å². The van der Waals surface area contributed by atoms with Gasteiger partial charge in [0, 0.05) is 17.1 Å². The zero-order valence-corrected chi connectivity index (χ0v) is 12.1. The van der Waals surface area contributed by atoms with Gasteiger partial charge >= 0.3 is 5.97 Å². The summed E-state index contributed by atoms with van der Waals surface area (Å²) in [6.45, 7) is 4.11. The van der Waals surface area contributed by atoms with Crippen LogP contribution in [0.4, 0.5) is 0 Å². The topological polar surface area (TPSA) is 29.5 Å². The van der Waals surface area contributed by atoms with Gasteiger partial charge in [0.2, 0.25) is 0 Å². The maximum absolute atomic E-state index is 11.3. The number of hydrogen-bond acceptors (Lipinski definition) is 3. The Labute approximate surface area is 114 Å². The fraction of sp³-hybridized carbons (Fsp3) is 0.500. The predicted molar refractivity (Wildman–Crippen MR) is 73.7 cm³/mol. The lowest BCUT2D eigenvalue weighted by Gasteiger charge is -2.30. The average molecular weight is 270 g/mol. The maximum Gasteiger partial charge on any atom is 0.307 e. The van der Waals surface area contributed by atoms with Crippen LogP contribution in [0.15, 0.2) is 24.3 Å². The van der Waals surface area contributed by atoms with Crippen molar-refractivity contribution in [1.29, 1.82) is 0 Å². The molecule has 0 aliphatic carbocycles. The number of nitrogens with zero attached hydrogens (tertiary/aromatic N) is 1. The first kappa shape index (κ1) is 15.0. The van der Waals surface area contributed by atoms with E-state index in [4.69, 9.17) is 11.6 Å². The van der Waals surface area contributed by atoms with Gasteiger partial charge in [0.25, 0.3) is 0 Å². The van der Waals surface area contributed by atoms with Gasteiger partial charge in [0.1, 0.15) is 0 Å². The highest BCUT2D eigenvalue weighted by atomic mass is 35.5. The van der Waals surface area contributed by atoms with Crippen LogP contribution in [0.5, 0.6) is 0 Å². The monoisotopic (exact) mass is 269 g/mol. The summed E-state index contributed by atoms with van der Waals surface area (Å²) < 4.78 is 4.69. The lowest BCUT2D eigenvalue weighted by atomic mass is 10.1. The molecule has 0 N–H and O–H groups in total. The van der Waals surface area contributed by atoms with E-state index in [2.05, 4.69) is 16.6 Å². The molecule has 0 heterocycles. The van der Waals surface area contributed by atoms with E-state index in [1.54, 1.807) is 0 Å². The van der Waals surface area contributed by atoms with Crippen LogP contribution in [0.3, 0.4) is 0 Å². The smallest absolute Gasteiger partial charge is 0.307 e. The van der Waals surface area contributed by atoms with E-state index in [1.807, 2.05) is 38.2 Å². The zero-order valence-electron chi connectivity index (χ0n) is 11.3. The average Bonchev–Trinajstić information content (AvgIpc) is 2.36. The molecule has 1 aromatic rings. The highest BCUT2D eigenvalue weighted by molar-refractivity contribution is 6.30. The second kappa shape index (κ2) is 6.76. The molecule has 0 aromatic heterocycles. The van der Waals surface area contributed by atoms with Crippen molar-refractivity contribution in [1.82, 2.24) is 4.90 Å². The molecule has 3 nitrogen and oxygen atoms in total. The first-order valence-corrected chi connectivity index (χ1v) is 6.37. The van der Waals surface area contributed by atoms with Crippen molar-refractivity contribution >= 4 is 17.6 Å². The van der Waals surface area contributed by atoms with Crippen molar-refractivity contribution in [3.63, 3.8) is 0 Å². The van der Waals surface area contributed by atoms with Crippen LogP contribution >= 0.6 is 11.6 Å². The molecule has 0 spiro atoms. The first-order chi connectivity index (χ1) is 8.45. The fourth-order valence-corrected chi connectivity index (χ4v) is 2.05. The molecule has 0 fully saturated rings. The maximum atomic E-state index is 11.3. The number of rotatable bonds is 5. The Bertz CT molecular complexity index is 409. The number of benzene rings is 1. The summed E-state index contributed by atoms with van der Waals surface area (Å²) in [5, 5.41) is 0.730. The molecule has 0 saturated carbocycles. The molecule has 0 bridgehead atoms. The summed E-state index contributed by atoms with van der Waals surface area (Å²) in [6.07, 6.45) is 0.387. The van der Waals surface area contributed by atoms with E-state index in [0.29, 0.717) is 6.42 Å². The number of ether oxygens (including phenoxy) is 1. The van der Waals surface area contributed by atoms with Crippen molar-refractivity contribution in [2.24, 2.45) is 0 Å². The van der Waals surface area contributed by atoms with Crippen LogP contribution in [-0.4, -0.2) is 31.1 Å². The molecule has 0 aliphatic rings. The third-order valence-electron chi connectivity index (χ3n) is 3.33. The van der Waals surface area contributed by atoms with Gasteiger partial charge in [-0.2, -0.15) is 0 Å². The van der Waals surface area contributed by atoms with Crippen molar-refractivity contribution in [2.75, 3.05) is 14.2 Å². The van der Waals surface area contributed by atoms with E-state index < -0.39 is 0 Å². The van der Waals surface area contributed by atoms with E-state index in [1.165, 1.54) is 7.11 Å². The lowest BCUT2D eigenvalue weighted by Crippen LogP contribution is -2.33. The van der Waals surface area contributed by atoms with E-state index in [0.717, 1.165) is 10.6 Å². The molecule has 0 aliphatic heterocycles. The van der Waals surface area contributed by atoms with Gasteiger partial charge in [-0.3, -0.25) is 9.69 Å². The minimum atomic E-state index is -0.187. The molecule has 1 rings (SSSR count). The van der Waals surface area contributed by atoms with Gasteiger partial charge in [0.05, 0.1) is 13.5 Å². The molecule has 4 heteroatoms. The third kappa shape index (κ3) is 4.00. The lowest BCUT2D eigenvalue weighted by molar-refractivity contribution is -0.141. The standard InChI is InChI=1S/C14H20ClNO2/c1-10(8-14(17)18-4)16(3)11(2)12-6-5-7-13(15)9-12/h5-7,9-11H,8H2,1-4H3. The minimum absolute atomic E-state index is 0.117. The quantitative estimate of drug-likeness (QED) is 0.769. The summed E-state index contributed by atoms with van der Waals surface area (Å²) in [6, 6.07) is 8.10. The van der Waals surface area contributed by atoms with E-state index in [-0.39, 0.29) is 18.1 Å². The van der Waals surface area contributed by atoms with Crippen LogP contribution < -0.4 is 0 Å². The Morgan fingerprint density at radius 1 is 1.44 bits per heavy atom. The third-order valence-corrected chi connectivity index (χ3v) is 3.56. The highest BCUT2D eigenvalue weighted by Crippen LogP contribution is 2.24. The summed E-state index contributed by atoms with van der Waals surface area (Å²) in [4.78, 5) is 13.4. The molecular formula is C14H20ClNO2. The molecule has 2 atom stereocenters. The number of methoxy groups -OCH3 is 1. The number of carbonyl (C=O) groups is 1. The van der Waals surface area contributed by atoms with Gasteiger partial charge in [-0.1, -0.05) is 23.7 Å². The van der Waals surface area contributed by atoms with Crippen LogP contribution in [0, 0.1) is 0 Å². The van der Waals surface area contributed by atoms with Crippen LogP contribution in [0.25, 0.3) is 0 Å². The Hall–Kier alpha value is -1.06. The number of esters is 1. The van der Waals surface area contributed by atoms with Gasteiger partial charge < -0.3 is 4.74 Å². The van der Waals surface area contributed by atoms with Gasteiger partial charge in [-0.25, -0.2) is 0 Å². The van der Waals surface area contributed by atoms with Gasteiger partial charge in [-0.15, -0.1) is 0 Å². The highest BCUT2D eigenvalue weighted by Gasteiger charge is 2.20. The molecule has 18 heavy (non-hydrogen) atoms. The second-order valence-corrected chi connectivity index (χ2v) is 4.96. The summed E-state index contributed by atoms with van der Waals surface area (Å²) >= 11 is 5.99. The summed E-state index contributed by atoms with van der Waals surface area (Å²) in [5.41, 5.74) is 1.14. The van der Waals surface area contributed by atoms with Crippen LogP contribution in [-0.2, 0) is 9.53 Å². The van der Waals surface area contributed by atoms with Crippen LogP contribution in [0.2, 0.25) is 5.02 Å². The predicted octanol–water partition coefficient (Wildman–Crippen LogP) is 3.28. The molecule has 2 unspecified atom stereocenters. The first-order valence-electron chi connectivity index (χ1n) is 6.00. The summed E-state index contributed by atoms with van der Waals surface area (Å²) in [5.74, 6) is -0.187. The molecule has 0 radical (unpaired) electrons. The Morgan fingerprint density at radius 3 is 2.67 bits per heavy atom. The number of hydrogen-bond donors (Lipinski definition) is 0. The van der Waals surface area contributed by atoms with Gasteiger partial charge in [0.15, 0.2) is 0 Å². The molecule has 1 aromatic carbocycles. The van der Waals surface area contributed by atoms with Crippen molar-refractivity contribution in [3.05, 3.63) is 34.9 Å². The van der Waals surface area contributed by atoms with E-state index in [9.17, 15) is 4.79 Å². The molecule has 0 amide bonds. The van der Waals surface area contributed by atoms with Gasteiger partial charge in [-0.05, 0) is 38.6 Å². The summed E-state index contributed by atoms with van der Waals surface area (Å²) in [7, 11) is 3.41. The normalized spacial score (nSPS) is 14.3. The van der Waals surface area contributed by atoms with Crippen molar-refractivity contribution < 1.29 is 9.53 Å². The molecule has 0 saturated heterocycles. The van der Waals surface area contributed by atoms with E-state index >= 15 is 0 Å². The zero-order chi connectivity index (χ0) is 13.7. The SMILES string of the molecule is COC(=O)CC(C)N(C)C(C)c1cccc(Cl)c1. The molecular weight excluding hydrogens is 250 g/mol. The second-order valence-electron chi connectivity index (χ2n) is 4.53. The largest absolute Gasteiger partial charge is 0.469 e. The fourth-order valence-electron chi connectivity index (χ4n) is 1.85. The van der Waals surface area contributed by atoms with Crippen LogP contribution in [0.1, 0.15) is 31.9 Å². The van der Waals surface area contributed by atoms with Crippen molar-refractivity contribution in [3.8, 4) is 0 Å².